The molecule has 2 aliphatic rings. The van der Waals surface area contributed by atoms with E-state index in [1.807, 2.05) is 26.0 Å². The number of ketones is 2. The van der Waals surface area contributed by atoms with Crippen molar-refractivity contribution in [2.45, 2.75) is 72.0 Å². The van der Waals surface area contributed by atoms with Gasteiger partial charge < -0.3 is 4.90 Å². The highest BCUT2D eigenvalue weighted by molar-refractivity contribution is 6.07. The smallest absolute Gasteiger partial charge is 0.245 e. The molecule has 1 saturated heterocycles. The predicted molar refractivity (Wildman–Crippen MR) is 147 cm³/mol. The minimum Gasteiger partial charge on any atom is -0.327 e. The van der Waals surface area contributed by atoms with Crippen molar-refractivity contribution < 1.29 is 14.4 Å². The number of aryl methyl sites for hydroxylation is 3. The van der Waals surface area contributed by atoms with E-state index in [1.54, 1.807) is 34.4 Å². The molecule has 3 atom stereocenters. The predicted octanol–water partition coefficient (Wildman–Crippen LogP) is 3.68. The van der Waals surface area contributed by atoms with E-state index in [-0.39, 0.29) is 35.5 Å². The maximum atomic E-state index is 13.8. The number of aromatic nitrogens is 6. The van der Waals surface area contributed by atoms with E-state index in [1.165, 1.54) is 13.3 Å². The maximum Gasteiger partial charge on any atom is 0.245 e. The van der Waals surface area contributed by atoms with E-state index in [9.17, 15) is 14.4 Å². The zero-order valence-electron chi connectivity index (χ0n) is 23.1. The summed E-state index contributed by atoms with van der Waals surface area (Å²) in [5.41, 5.74) is 4.52. The van der Waals surface area contributed by atoms with Crippen molar-refractivity contribution in [3.63, 3.8) is 0 Å². The normalized spacial score (nSPS) is 21.4. The van der Waals surface area contributed by atoms with E-state index >= 15 is 0 Å². The number of carbonyl (C=O) groups excluding carboxylic acids is 3. The SMILES string of the molecule is CC(=O)c1nn(CC(=O)N2[C@H](C(=O)CCc3cncnc3)C[C@@]3(C)C[C@@H]23)c2c(C)cc(-c3cnc(C)nc3)cc12. The molecule has 1 amide bonds. The van der Waals surface area contributed by atoms with Crippen molar-refractivity contribution in [1.82, 2.24) is 34.6 Å². The Morgan fingerprint density at radius 3 is 2.42 bits per heavy atom. The Hall–Kier alpha value is -4.34. The first-order valence-electron chi connectivity index (χ1n) is 13.5. The zero-order chi connectivity index (χ0) is 28.2. The molecule has 1 aromatic carbocycles. The second kappa shape index (κ2) is 9.69. The quantitative estimate of drug-likeness (QED) is 0.312. The van der Waals surface area contributed by atoms with Crippen LogP contribution in [-0.2, 0) is 22.6 Å². The van der Waals surface area contributed by atoms with Gasteiger partial charge in [-0.05, 0) is 67.3 Å². The summed E-state index contributed by atoms with van der Waals surface area (Å²) in [5.74, 6) is 0.405. The Labute approximate surface area is 231 Å². The van der Waals surface area contributed by atoms with Gasteiger partial charge in [0.05, 0.1) is 11.6 Å². The van der Waals surface area contributed by atoms with Gasteiger partial charge in [-0.2, -0.15) is 5.10 Å². The van der Waals surface area contributed by atoms with Crippen LogP contribution in [-0.4, -0.2) is 64.2 Å². The van der Waals surface area contributed by atoms with Gasteiger partial charge in [0.25, 0.3) is 0 Å². The minimum absolute atomic E-state index is 0.0243. The van der Waals surface area contributed by atoms with Gasteiger partial charge in [0.2, 0.25) is 5.91 Å². The van der Waals surface area contributed by atoms with Gasteiger partial charge in [0, 0.05) is 55.1 Å². The van der Waals surface area contributed by atoms with Gasteiger partial charge in [-0.1, -0.05) is 6.92 Å². The third kappa shape index (κ3) is 4.57. The molecule has 6 rings (SSSR count). The van der Waals surface area contributed by atoms with Crippen LogP contribution in [0.3, 0.4) is 0 Å². The number of nitrogens with zero attached hydrogens (tertiary/aromatic N) is 7. The fourth-order valence-corrected chi connectivity index (χ4v) is 6.12. The number of piperidine rings is 1. The molecule has 4 heterocycles. The Morgan fingerprint density at radius 2 is 1.73 bits per heavy atom. The molecule has 4 aromatic rings. The third-order valence-electron chi connectivity index (χ3n) is 8.34. The van der Waals surface area contributed by atoms with Crippen LogP contribution in [0.1, 0.15) is 60.5 Å². The number of amides is 1. The first kappa shape index (κ1) is 25.9. The molecule has 0 spiro atoms. The van der Waals surface area contributed by atoms with Gasteiger partial charge in [0.15, 0.2) is 11.6 Å². The van der Waals surface area contributed by atoms with Gasteiger partial charge in [-0.25, -0.2) is 19.9 Å². The van der Waals surface area contributed by atoms with Crippen LogP contribution < -0.4 is 0 Å². The second-order valence-electron chi connectivity index (χ2n) is 11.4. The number of fused-ring (bicyclic) bond motifs is 2. The van der Waals surface area contributed by atoms with Crippen LogP contribution in [0.15, 0.2) is 43.2 Å². The van der Waals surface area contributed by atoms with Crippen LogP contribution in [0.5, 0.6) is 0 Å². The van der Waals surface area contributed by atoms with E-state index in [0.29, 0.717) is 36.2 Å². The summed E-state index contributed by atoms with van der Waals surface area (Å²) < 4.78 is 1.63. The monoisotopic (exact) mass is 537 g/mol. The van der Waals surface area contributed by atoms with Crippen molar-refractivity contribution in [1.29, 1.82) is 0 Å². The first-order valence-corrected chi connectivity index (χ1v) is 13.5. The lowest BCUT2D eigenvalue weighted by Crippen LogP contribution is -2.44. The van der Waals surface area contributed by atoms with Gasteiger partial charge in [0.1, 0.15) is 24.4 Å². The Kier molecular flexibility index (Phi) is 6.28. The van der Waals surface area contributed by atoms with Crippen molar-refractivity contribution >= 4 is 28.4 Å². The van der Waals surface area contributed by atoms with Crippen molar-refractivity contribution in [2.75, 3.05) is 0 Å². The first-order chi connectivity index (χ1) is 19.1. The molecule has 2 fully saturated rings. The van der Waals surface area contributed by atoms with Crippen LogP contribution in [0.2, 0.25) is 0 Å². The third-order valence-corrected chi connectivity index (χ3v) is 8.34. The number of hydrogen-bond acceptors (Lipinski definition) is 8. The summed E-state index contributed by atoms with van der Waals surface area (Å²) in [4.78, 5) is 58.2. The standard InChI is InChI=1S/C30H31N7O3/c1-17-7-21(22-13-33-19(3)34-14-22)8-23-28(18(2)38)35-36(29(17)23)15-27(40)37-24(9-30(4)10-26(30)37)25(39)6-5-20-11-31-16-32-12-20/h7-8,11-14,16,24,26H,5-6,9-10,15H2,1-4H3/t24-,26+,30-/m0/s1. The number of carbonyl (C=O) groups is 3. The van der Waals surface area contributed by atoms with Crippen LogP contribution >= 0.6 is 0 Å². The highest BCUT2D eigenvalue weighted by Crippen LogP contribution is 2.59. The van der Waals surface area contributed by atoms with Gasteiger partial charge in [-0.3, -0.25) is 19.1 Å². The van der Waals surface area contributed by atoms with Crippen LogP contribution in [0, 0.1) is 19.3 Å². The second-order valence-corrected chi connectivity index (χ2v) is 11.4. The zero-order valence-corrected chi connectivity index (χ0v) is 23.1. The molecule has 0 bridgehead atoms. The van der Waals surface area contributed by atoms with E-state index < -0.39 is 6.04 Å². The number of likely N-dealkylation sites (tertiary alicyclic amines) is 1. The molecule has 0 unspecified atom stereocenters. The molecule has 1 aliphatic carbocycles. The molecular formula is C30H31N7O3. The number of Topliss-reactive ketones (excluding diaryl/α,β-unsaturated/α-hetero) is 2. The summed E-state index contributed by atoms with van der Waals surface area (Å²) in [6, 6.07) is 3.51. The summed E-state index contributed by atoms with van der Waals surface area (Å²) in [6.07, 6.45) is 10.8. The number of rotatable bonds is 8. The lowest BCUT2D eigenvalue weighted by molar-refractivity contribution is -0.139. The topological polar surface area (TPSA) is 124 Å². The molecule has 40 heavy (non-hydrogen) atoms. The summed E-state index contributed by atoms with van der Waals surface area (Å²) in [7, 11) is 0. The Bertz CT molecular complexity index is 1650. The lowest BCUT2D eigenvalue weighted by Gasteiger charge is -2.27. The van der Waals surface area contributed by atoms with E-state index in [0.717, 1.165) is 34.2 Å². The Morgan fingerprint density at radius 1 is 1.00 bits per heavy atom. The van der Waals surface area contributed by atoms with Gasteiger partial charge in [-0.15, -0.1) is 0 Å². The average Bonchev–Trinajstić information content (AvgIpc) is 3.29. The molecule has 10 heteroatoms. The fraction of sp³-hybridized carbons (Fsp3) is 0.400. The fourth-order valence-electron chi connectivity index (χ4n) is 6.12. The molecular weight excluding hydrogens is 506 g/mol. The van der Waals surface area contributed by atoms with Crippen molar-refractivity contribution in [3.05, 3.63) is 65.9 Å². The van der Waals surface area contributed by atoms with Crippen LogP contribution in [0.4, 0.5) is 0 Å². The van der Waals surface area contributed by atoms with E-state index in [4.69, 9.17) is 0 Å². The molecule has 204 valence electrons. The maximum absolute atomic E-state index is 13.8. The number of hydrogen-bond donors (Lipinski definition) is 0. The summed E-state index contributed by atoms with van der Waals surface area (Å²) in [5, 5.41) is 5.29. The summed E-state index contributed by atoms with van der Waals surface area (Å²) >= 11 is 0. The molecule has 0 radical (unpaired) electrons. The average molecular weight is 538 g/mol. The largest absolute Gasteiger partial charge is 0.327 e. The lowest BCUT2D eigenvalue weighted by atomic mass is 9.96. The molecule has 1 saturated carbocycles. The highest BCUT2D eigenvalue weighted by atomic mass is 16.2. The van der Waals surface area contributed by atoms with Gasteiger partial charge >= 0.3 is 0 Å². The summed E-state index contributed by atoms with van der Waals surface area (Å²) in [6.45, 7) is 7.36. The highest BCUT2D eigenvalue weighted by Gasteiger charge is 2.64. The molecule has 10 nitrogen and oxygen atoms in total. The van der Waals surface area contributed by atoms with Crippen molar-refractivity contribution in [2.24, 2.45) is 5.41 Å². The Balaban J connectivity index is 1.29. The van der Waals surface area contributed by atoms with Crippen molar-refractivity contribution in [3.8, 4) is 11.1 Å². The van der Waals surface area contributed by atoms with Crippen LogP contribution in [0.25, 0.3) is 22.0 Å². The molecule has 1 aliphatic heterocycles. The minimum atomic E-state index is -0.454. The molecule has 3 aromatic heterocycles. The molecule has 0 N–H and O–H groups in total. The number of benzene rings is 1. The van der Waals surface area contributed by atoms with E-state index in [2.05, 4.69) is 32.0 Å².